The van der Waals surface area contributed by atoms with Crippen LogP contribution in [0.5, 0.6) is 11.5 Å². The van der Waals surface area contributed by atoms with Gasteiger partial charge >= 0.3 is 0 Å². The van der Waals surface area contributed by atoms with Crippen LogP contribution in [0.15, 0.2) is 42.5 Å². The molecule has 0 saturated carbocycles. The molecule has 0 radical (unpaired) electrons. The molecule has 0 fully saturated rings. The average molecular weight is 354 g/mol. The predicted octanol–water partition coefficient (Wildman–Crippen LogP) is 4.09. The maximum absolute atomic E-state index is 12.1. The molecule has 1 N–H and O–H groups in total. The molecule has 1 atom stereocenters. The fraction of sp³-hybridized carbons (Fsp3) is 0.235. The van der Waals surface area contributed by atoms with E-state index in [0.29, 0.717) is 22.3 Å². The number of methoxy groups -OCH3 is 1. The van der Waals surface area contributed by atoms with Crippen LogP contribution in [0.2, 0.25) is 10.0 Å². The number of ether oxygens (including phenoxy) is 2. The third kappa shape index (κ3) is 5.05. The first-order chi connectivity index (χ1) is 11.0. The molecule has 4 nitrogen and oxygen atoms in total. The largest absolute Gasteiger partial charge is 0.497 e. The van der Waals surface area contributed by atoms with Gasteiger partial charge in [0.15, 0.2) is 6.10 Å². The van der Waals surface area contributed by atoms with Crippen LogP contribution >= 0.6 is 23.2 Å². The van der Waals surface area contributed by atoms with Gasteiger partial charge in [0.1, 0.15) is 11.5 Å². The minimum atomic E-state index is -0.681. The van der Waals surface area contributed by atoms with Crippen LogP contribution in [0.25, 0.3) is 0 Å². The Morgan fingerprint density at radius 3 is 2.70 bits per heavy atom. The summed E-state index contributed by atoms with van der Waals surface area (Å²) in [4.78, 5) is 12.1. The van der Waals surface area contributed by atoms with E-state index in [4.69, 9.17) is 32.7 Å². The number of halogens is 2. The molecular formula is C17H17Cl2NO3. The first kappa shape index (κ1) is 17.4. The molecular weight excluding hydrogens is 337 g/mol. The SMILES string of the molecule is COc1cccc(CNC(=O)[C@@H](C)Oc2ccc(Cl)cc2Cl)c1. The molecule has 0 aliphatic heterocycles. The van der Waals surface area contributed by atoms with Crippen molar-refractivity contribution in [3.05, 3.63) is 58.1 Å². The fourth-order valence-electron chi connectivity index (χ4n) is 1.93. The molecule has 0 aliphatic rings. The topological polar surface area (TPSA) is 47.6 Å². The first-order valence-electron chi connectivity index (χ1n) is 7.02. The monoisotopic (exact) mass is 353 g/mol. The second-order valence-corrected chi connectivity index (χ2v) is 5.75. The summed E-state index contributed by atoms with van der Waals surface area (Å²) < 4.78 is 10.7. The van der Waals surface area contributed by atoms with Gasteiger partial charge in [0.05, 0.1) is 12.1 Å². The lowest BCUT2D eigenvalue weighted by Crippen LogP contribution is -2.35. The first-order valence-corrected chi connectivity index (χ1v) is 7.77. The molecule has 1 amide bonds. The van der Waals surface area contributed by atoms with Crippen LogP contribution in [0, 0.1) is 0 Å². The molecule has 0 saturated heterocycles. The van der Waals surface area contributed by atoms with Crippen LogP contribution in [0.4, 0.5) is 0 Å². The molecule has 2 rings (SSSR count). The Hall–Kier alpha value is -1.91. The zero-order valence-corrected chi connectivity index (χ0v) is 14.3. The quantitative estimate of drug-likeness (QED) is 0.850. The number of hydrogen-bond acceptors (Lipinski definition) is 3. The predicted molar refractivity (Wildman–Crippen MR) is 91.4 cm³/mol. The van der Waals surface area contributed by atoms with Crippen LogP contribution in [0.3, 0.4) is 0 Å². The van der Waals surface area contributed by atoms with Crippen molar-refractivity contribution in [2.75, 3.05) is 7.11 Å². The Kier molecular flexibility index (Phi) is 6.13. The molecule has 0 unspecified atom stereocenters. The van der Waals surface area contributed by atoms with Crippen molar-refractivity contribution in [1.82, 2.24) is 5.32 Å². The molecule has 0 aliphatic carbocycles. The highest BCUT2D eigenvalue weighted by molar-refractivity contribution is 6.35. The van der Waals surface area contributed by atoms with Crippen molar-refractivity contribution in [2.45, 2.75) is 19.6 Å². The maximum atomic E-state index is 12.1. The molecule has 0 aromatic heterocycles. The van der Waals surface area contributed by atoms with Crippen LogP contribution in [-0.2, 0) is 11.3 Å². The van der Waals surface area contributed by atoms with Crippen molar-refractivity contribution in [2.24, 2.45) is 0 Å². The highest BCUT2D eigenvalue weighted by Gasteiger charge is 2.16. The lowest BCUT2D eigenvalue weighted by atomic mass is 10.2. The van der Waals surface area contributed by atoms with Crippen molar-refractivity contribution in [1.29, 1.82) is 0 Å². The number of hydrogen-bond donors (Lipinski definition) is 1. The molecule has 0 spiro atoms. The van der Waals surface area contributed by atoms with E-state index in [2.05, 4.69) is 5.32 Å². The highest BCUT2D eigenvalue weighted by Crippen LogP contribution is 2.28. The van der Waals surface area contributed by atoms with E-state index >= 15 is 0 Å². The van der Waals surface area contributed by atoms with Gasteiger partial charge in [-0.3, -0.25) is 4.79 Å². The summed E-state index contributed by atoms with van der Waals surface area (Å²) in [6, 6.07) is 12.3. The second kappa shape index (κ2) is 8.09. The molecule has 0 heterocycles. The Bertz CT molecular complexity index is 691. The lowest BCUT2D eigenvalue weighted by molar-refractivity contribution is -0.127. The standard InChI is InChI=1S/C17H17Cl2NO3/c1-11(23-16-7-6-13(18)9-15(16)19)17(21)20-10-12-4-3-5-14(8-12)22-2/h3-9,11H,10H2,1-2H3,(H,20,21)/t11-/m1/s1. The number of nitrogens with one attached hydrogen (secondary N) is 1. The van der Waals surface area contributed by atoms with E-state index in [-0.39, 0.29) is 5.91 Å². The van der Waals surface area contributed by atoms with Gasteiger partial charge in [-0.2, -0.15) is 0 Å². The Morgan fingerprint density at radius 1 is 1.22 bits per heavy atom. The summed E-state index contributed by atoms with van der Waals surface area (Å²) in [5, 5.41) is 3.69. The zero-order chi connectivity index (χ0) is 16.8. The van der Waals surface area contributed by atoms with Gasteiger partial charge in [-0.05, 0) is 42.8 Å². The van der Waals surface area contributed by atoms with E-state index < -0.39 is 6.10 Å². The number of benzene rings is 2. The number of carbonyl (C=O) groups excluding carboxylic acids is 1. The van der Waals surface area contributed by atoms with E-state index in [9.17, 15) is 4.79 Å². The van der Waals surface area contributed by atoms with Gasteiger partial charge in [0, 0.05) is 11.6 Å². The fourth-order valence-corrected chi connectivity index (χ4v) is 2.38. The second-order valence-electron chi connectivity index (χ2n) is 4.90. The van der Waals surface area contributed by atoms with Crippen molar-refractivity contribution in [3.8, 4) is 11.5 Å². The van der Waals surface area contributed by atoms with E-state index in [0.717, 1.165) is 11.3 Å². The van der Waals surface area contributed by atoms with E-state index in [1.165, 1.54) is 0 Å². The smallest absolute Gasteiger partial charge is 0.261 e. The van der Waals surface area contributed by atoms with Gasteiger partial charge in [-0.15, -0.1) is 0 Å². The number of rotatable bonds is 6. The summed E-state index contributed by atoms with van der Waals surface area (Å²) in [5.74, 6) is 0.924. The maximum Gasteiger partial charge on any atom is 0.261 e. The van der Waals surface area contributed by atoms with Gasteiger partial charge in [-0.25, -0.2) is 0 Å². The third-order valence-electron chi connectivity index (χ3n) is 3.17. The number of amides is 1. The van der Waals surface area contributed by atoms with Crippen LogP contribution < -0.4 is 14.8 Å². The summed E-state index contributed by atoms with van der Waals surface area (Å²) in [6.45, 7) is 2.05. The normalized spacial score (nSPS) is 11.7. The molecule has 122 valence electrons. The van der Waals surface area contributed by atoms with E-state index in [1.54, 1.807) is 32.2 Å². The zero-order valence-electron chi connectivity index (χ0n) is 12.8. The molecule has 0 bridgehead atoms. The third-order valence-corrected chi connectivity index (χ3v) is 3.70. The lowest BCUT2D eigenvalue weighted by Gasteiger charge is -2.16. The summed E-state index contributed by atoms with van der Waals surface area (Å²) in [5.41, 5.74) is 0.939. The molecule has 6 heteroatoms. The highest BCUT2D eigenvalue weighted by atomic mass is 35.5. The summed E-state index contributed by atoms with van der Waals surface area (Å²) in [6.07, 6.45) is -0.681. The van der Waals surface area contributed by atoms with Gasteiger partial charge in [-0.1, -0.05) is 35.3 Å². The molecule has 2 aromatic rings. The Morgan fingerprint density at radius 2 is 2.00 bits per heavy atom. The van der Waals surface area contributed by atoms with Crippen LogP contribution in [0.1, 0.15) is 12.5 Å². The minimum Gasteiger partial charge on any atom is -0.497 e. The Labute approximate surface area is 145 Å². The van der Waals surface area contributed by atoms with E-state index in [1.807, 2.05) is 24.3 Å². The summed E-state index contributed by atoms with van der Waals surface area (Å²) >= 11 is 11.9. The molecule has 2 aromatic carbocycles. The Balaban J connectivity index is 1.92. The van der Waals surface area contributed by atoms with Crippen molar-refractivity contribution in [3.63, 3.8) is 0 Å². The van der Waals surface area contributed by atoms with Crippen molar-refractivity contribution >= 4 is 29.1 Å². The van der Waals surface area contributed by atoms with Gasteiger partial charge in [0.25, 0.3) is 5.91 Å². The van der Waals surface area contributed by atoms with Crippen molar-refractivity contribution < 1.29 is 14.3 Å². The van der Waals surface area contributed by atoms with Gasteiger partial charge in [0.2, 0.25) is 0 Å². The van der Waals surface area contributed by atoms with Gasteiger partial charge < -0.3 is 14.8 Å². The average Bonchev–Trinajstić information content (AvgIpc) is 2.55. The minimum absolute atomic E-state index is 0.237. The number of carbonyl (C=O) groups is 1. The van der Waals surface area contributed by atoms with Crippen LogP contribution in [-0.4, -0.2) is 19.1 Å². The molecule has 23 heavy (non-hydrogen) atoms. The summed E-state index contributed by atoms with van der Waals surface area (Å²) in [7, 11) is 1.60.